The van der Waals surface area contributed by atoms with Gasteiger partial charge >= 0.3 is 16.3 Å². The summed E-state index contributed by atoms with van der Waals surface area (Å²) in [6.45, 7) is 10.2. The number of anilines is 1. The van der Waals surface area contributed by atoms with Crippen molar-refractivity contribution < 1.29 is 22.7 Å². The van der Waals surface area contributed by atoms with Crippen LogP contribution in [-0.2, 0) is 19.7 Å². The average molecular weight is 517 g/mol. The molecule has 1 fully saturated rings. The van der Waals surface area contributed by atoms with E-state index in [1.54, 1.807) is 36.6 Å². The smallest absolute Gasteiger partial charge is 0.422 e. The van der Waals surface area contributed by atoms with Crippen LogP contribution in [-0.4, -0.2) is 68.6 Å². The highest BCUT2D eigenvalue weighted by Crippen LogP contribution is 2.32. The molecule has 1 aliphatic heterocycles. The number of nitrogens with one attached hydrogen (secondary N) is 2. The summed E-state index contributed by atoms with van der Waals surface area (Å²) in [5.74, 6) is -0.419. The zero-order chi connectivity index (χ0) is 26.7. The first-order chi connectivity index (χ1) is 16.8. The third kappa shape index (κ3) is 6.83. The fourth-order valence-electron chi connectivity index (χ4n) is 3.96. The molecule has 12 heteroatoms. The molecule has 0 saturated carbocycles. The summed E-state index contributed by atoms with van der Waals surface area (Å²) in [7, 11) is -4.27. The normalized spacial score (nSPS) is 14.8. The molecule has 3 rings (SSSR count). The Hall–Kier alpha value is -3.43. The van der Waals surface area contributed by atoms with Crippen molar-refractivity contribution in [2.45, 2.75) is 46.6 Å². The van der Waals surface area contributed by atoms with E-state index in [4.69, 9.17) is 4.74 Å². The van der Waals surface area contributed by atoms with Gasteiger partial charge in [0.1, 0.15) is 11.7 Å². The van der Waals surface area contributed by atoms with Crippen molar-refractivity contribution in [3.8, 4) is 6.07 Å². The van der Waals surface area contributed by atoms with Crippen molar-refractivity contribution in [3.63, 3.8) is 0 Å². The van der Waals surface area contributed by atoms with Gasteiger partial charge in [0.25, 0.3) is 0 Å². The lowest BCUT2D eigenvalue weighted by atomic mass is 10.0. The van der Waals surface area contributed by atoms with Crippen LogP contribution in [0.25, 0.3) is 10.9 Å². The molecule has 2 N–H and O–H groups in total. The van der Waals surface area contributed by atoms with Gasteiger partial charge in [0.2, 0.25) is 5.91 Å². The number of carbonyl (C=O) groups is 2. The summed E-state index contributed by atoms with van der Waals surface area (Å²) >= 11 is 0. The molecule has 36 heavy (non-hydrogen) atoms. The van der Waals surface area contributed by atoms with E-state index in [1.807, 2.05) is 26.0 Å². The molecule has 1 aromatic heterocycles. The second-order valence-corrected chi connectivity index (χ2v) is 11.2. The first-order valence-electron chi connectivity index (χ1n) is 11.6. The zero-order valence-electron chi connectivity index (χ0n) is 21.2. The monoisotopic (exact) mass is 516 g/mol. The topological polar surface area (TPSA) is 145 Å². The number of ether oxygens (including phenoxy) is 1. The molecule has 0 atom stereocenters. The SMILES string of the molecule is Cc1cc2ncc(C#N)c(N3CCCN(C(=O)CNS(=O)(=O)NC(=O)OC(C)(C)C)CC3)c2cc1C. The van der Waals surface area contributed by atoms with Gasteiger partial charge in [-0.1, -0.05) is 0 Å². The molecule has 0 unspecified atom stereocenters. The Balaban J connectivity index is 1.68. The highest BCUT2D eigenvalue weighted by atomic mass is 32.2. The number of aryl methyl sites for hydroxylation is 2. The van der Waals surface area contributed by atoms with Crippen LogP contribution >= 0.6 is 0 Å². The first kappa shape index (κ1) is 27.2. The van der Waals surface area contributed by atoms with Crippen molar-refractivity contribution >= 4 is 38.8 Å². The molecule has 2 aromatic rings. The summed E-state index contributed by atoms with van der Waals surface area (Å²) in [4.78, 5) is 32.6. The predicted molar refractivity (Wildman–Crippen MR) is 136 cm³/mol. The van der Waals surface area contributed by atoms with Crippen LogP contribution in [0.1, 0.15) is 43.9 Å². The summed E-state index contributed by atoms with van der Waals surface area (Å²) in [6, 6.07) is 6.27. The Labute approximate surface area is 211 Å². The quantitative estimate of drug-likeness (QED) is 0.615. The number of hydrogen-bond donors (Lipinski definition) is 2. The minimum Gasteiger partial charge on any atom is -0.443 e. The Bertz CT molecular complexity index is 1310. The molecule has 2 amide bonds. The van der Waals surface area contributed by atoms with Crippen molar-refractivity contribution in [2.24, 2.45) is 0 Å². The summed E-state index contributed by atoms with van der Waals surface area (Å²) < 4.78 is 33.0. The predicted octanol–water partition coefficient (Wildman–Crippen LogP) is 2.12. The maximum atomic E-state index is 12.7. The van der Waals surface area contributed by atoms with Gasteiger partial charge < -0.3 is 14.5 Å². The Morgan fingerprint density at radius 1 is 1.14 bits per heavy atom. The average Bonchev–Trinajstić information content (AvgIpc) is 3.02. The van der Waals surface area contributed by atoms with Crippen molar-refractivity contribution in [1.82, 2.24) is 19.3 Å². The fraction of sp³-hybridized carbons (Fsp3) is 0.500. The number of nitriles is 1. The molecule has 0 radical (unpaired) electrons. The highest BCUT2D eigenvalue weighted by Gasteiger charge is 2.25. The summed E-state index contributed by atoms with van der Waals surface area (Å²) in [5.41, 5.74) is 3.41. The summed E-state index contributed by atoms with van der Waals surface area (Å²) in [5, 5.41) is 10.6. The van der Waals surface area contributed by atoms with Gasteiger partial charge in [-0.3, -0.25) is 9.78 Å². The van der Waals surface area contributed by atoms with Crippen molar-refractivity contribution in [2.75, 3.05) is 37.6 Å². The van der Waals surface area contributed by atoms with Gasteiger partial charge in [-0.15, -0.1) is 0 Å². The lowest BCUT2D eigenvalue weighted by Gasteiger charge is -2.26. The van der Waals surface area contributed by atoms with E-state index in [0.29, 0.717) is 38.2 Å². The van der Waals surface area contributed by atoms with E-state index < -0.39 is 34.4 Å². The lowest BCUT2D eigenvalue weighted by Crippen LogP contribution is -2.47. The second-order valence-electron chi connectivity index (χ2n) is 9.74. The van der Waals surface area contributed by atoms with Gasteiger partial charge in [-0.25, -0.2) is 9.52 Å². The maximum absolute atomic E-state index is 12.7. The molecule has 0 bridgehead atoms. The molecule has 2 heterocycles. The molecule has 0 spiro atoms. The Morgan fingerprint density at radius 3 is 2.50 bits per heavy atom. The number of benzene rings is 1. The fourth-order valence-corrected chi connectivity index (χ4v) is 4.61. The number of hydrogen-bond acceptors (Lipinski definition) is 8. The maximum Gasteiger partial charge on any atom is 0.422 e. The van der Waals surface area contributed by atoms with E-state index >= 15 is 0 Å². The number of pyridine rings is 1. The lowest BCUT2D eigenvalue weighted by molar-refractivity contribution is -0.129. The van der Waals surface area contributed by atoms with Crippen molar-refractivity contribution in [3.05, 3.63) is 35.0 Å². The molecule has 0 aliphatic carbocycles. The van der Waals surface area contributed by atoms with Gasteiger partial charge in [0, 0.05) is 37.8 Å². The first-order valence-corrected chi connectivity index (χ1v) is 13.1. The van der Waals surface area contributed by atoms with Gasteiger partial charge in [-0.2, -0.15) is 18.4 Å². The molecule has 194 valence electrons. The highest BCUT2D eigenvalue weighted by molar-refractivity contribution is 7.88. The van der Waals surface area contributed by atoms with E-state index in [2.05, 4.69) is 20.7 Å². The van der Waals surface area contributed by atoms with Gasteiger partial charge in [0.15, 0.2) is 0 Å². The third-order valence-electron chi connectivity index (χ3n) is 5.77. The van der Waals surface area contributed by atoms with E-state index in [0.717, 1.165) is 27.7 Å². The minimum absolute atomic E-state index is 0.347. The molecular weight excluding hydrogens is 484 g/mol. The largest absolute Gasteiger partial charge is 0.443 e. The summed E-state index contributed by atoms with van der Waals surface area (Å²) in [6.07, 6.45) is 1.08. The number of amides is 2. The minimum atomic E-state index is -4.27. The van der Waals surface area contributed by atoms with Crippen LogP contribution < -0.4 is 14.3 Å². The van der Waals surface area contributed by atoms with E-state index in [-0.39, 0.29) is 0 Å². The Morgan fingerprint density at radius 2 is 1.83 bits per heavy atom. The van der Waals surface area contributed by atoms with E-state index in [9.17, 15) is 23.3 Å². The van der Waals surface area contributed by atoms with Crippen LogP contribution in [0.3, 0.4) is 0 Å². The zero-order valence-corrected chi connectivity index (χ0v) is 22.0. The van der Waals surface area contributed by atoms with E-state index in [1.165, 1.54) is 0 Å². The molecule has 1 aromatic carbocycles. The number of aromatic nitrogens is 1. The number of carbonyl (C=O) groups excluding carboxylic acids is 2. The Kier molecular flexibility index (Phi) is 8.05. The molecule has 1 saturated heterocycles. The van der Waals surface area contributed by atoms with Crippen LogP contribution in [0.4, 0.5) is 10.5 Å². The number of fused-ring (bicyclic) bond motifs is 1. The number of rotatable bonds is 5. The standard InChI is InChI=1S/C24H32N6O5S/c1-16-11-19-20(12-17(16)2)26-14-18(13-25)22(19)30-8-6-7-29(9-10-30)21(31)15-27-36(33,34)28-23(32)35-24(3,4)5/h11-12,14,27H,6-10,15H2,1-5H3,(H,28,32). The second kappa shape index (κ2) is 10.7. The molecule has 1 aliphatic rings. The molecular formula is C24H32N6O5S. The van der Waals surface area contributed by atoms with Crippen LogP contribution in [0.5, 0.6) is 0 Å². The van der Waals surface area contributed by atoms with Crippen LogP contribution in [0, 0.1) is 25.2 Å². The van der Waals surface area contributed by atoms with Crippen molar-refractivity contribution in [1.29, 1.82) is 5.26 Å². The molecule has 11 nitrogen and oxygen atoms in total. The van der Waals surface area contributed by atoms with Gasteiger partial charge in [-0.05, 0) is 64.3 Å². The number of nitrogens with zero attached hydrogens (tertiary/aromatic N) is 4. The third-order valence-corrected chi connectivity index (χ3v) is 6.73. The van der Waals surface area contributed by atoms with Crippen LogP contribution in [0.2, 0.25) is 0 Å². The van der Waals surface area contributed by atoms with Crippen LogP contribution in [0.15, 0.2) is 18.3 Å². The van der Waals surface area contributed by atoms with Gasteiger partial charge in [0.05, 0.1) is 23.3 Å².